The van der Waals surface area contributed by atoms with Gasteiger partial charge in [-0.2, -0.15) is 0 Å². The lowest BCUT2D eigenvalue weighted by Crippen LogP contribution is -2.50. The molecule has 3 rings (SSSR count). The maximum atomic E-state index is 12.8. The van der Waals surface area contributed by atoms with Crippen molar-refractivity contribution < 1.29 is 29.0 Å². The number of benzene rings is 1. The fourth-order valence-corrected chi connectivity index (χ4v) is 3.32. The summed E-state index contributed by atoms with van der Waals surface area (Å²) < 4.78 is 10.7. The molecule has 2 heterocycles. The van der Waals surface area contributed by atoms with Gasteiger partial charge >= 0.3 is 5.97 Å². The third-order valence-electron chi connectivity index (χ3n) is 4.58. The Bertz CT molecular complexity index is 707. The summed E-state index contributed by atoms with van der Waals surface area (Å²) in [6, 6.07) is 7.24. The average molecular weight is 362 g/mol. The van der Waals surface area contributed by atoms with Gasteiger partial charge in [0, 0.05) is 19.5 Å². The fraction of sp³-hybridized carbons (Fsp3) is 0.500. The van der Waals surface area contributed by atoms with Crippen molar-refractivity contribution in [2.75, 3.05) is 37.7 Å². The van der Waals surface area contributed by atoms with E-state index < -0.39 is 18.0 Å². The first-order valence-electron chi connectivity index (χ1n) is 8.66. The van der Waals surface area contributed by atoms with Crippen LogP contribution in [0.4, 0.5) is 5.69 Å². The summed E-state index contributed by atoms with van der Waals surface area (Å²) in [6.45, 7) is 3.13. The van der Waals surface area contributed by atoms with E-state index in [1.54, 1.807) is 17.0 Å². The van der Waals surface area contributed by atoms with Crippen molar-refractivity contribution in [3.63, 3.8) is 0 Å². The fourth-order valence-electron chi connectivity index (χ4n) is 3.32. The summed E-state index contributed by atoms with van der Waals surface area (Å²) >= 11 is 0. The zero-order chi connectivity index (χ0) is 18.7. The van der Waals surface area contributed by atoms with Crippen LogP contribution in [-0.4, -0.2) is 66.7 Å². The molecule has 1 N–H and O–H groups in total. The molecule has 0 saturated carbocycles. The Morgan fingerprint density at radius 3 is 2.81 bits per heavy atom. The van der Waals surface area contributed by atoms with Gasteiger partial charge in [-0.3, -0.25) is 9.59 Å². The highest BCUT2D eigenvalue weighted by Gasteiger charge is 2.40. The number of ether oxygens (including phenoxy) is 2. The van der Waals surface area contributed by atoms with E-state index in [0.29, 0.717) is 24.6 Å². The van der Waals surface area contributed by atoms with Crippen LogP contribution < -0.4 is 9.64 Å². The highest BCUT2D eigenvalue weighted by molar-refractivity contribution is 6.01. The van der Waals surface area contributed by atoms with Crippen LogP contribution in [0.25, 0.3) is 0 Å². The van der Waals surface area contributed by atoms with Crippen molar-refractivity contribution >= 4 is 23.5 Å². The number of nitrogens with zero attached hydrogens (tertiary/aromatic N) is 2. The smallest absolute Gasteiger partial charge is 0.334 e. The standard InChI is InChI=1S/C18H22N2O6/c1-2-25-14-6-4-3-5-13(14)20-10-12(9-16(20)21)17(22)19-7-8-26-15(11-19)18(23)24/h3-6,12,15H,2,7-11H2,1H3,(H,23,24)/t12-,15-/m0/s1. The zero-order valence-corrected chi connectivity index (χ0v) is 14.6. The van der Waals surface area contributed by atoms with Gasteiger partial charge < -0.3 is 24.4 Å². The van der Waals surface area contributed by atoms with E-state index in [1.165, 1.54) is 4.90 Å². The SMILES string of the molecule is CCOc1ccccc1N1C[C@@H](C(=O)N2CCO[C@H](C(=O)O)C2)CC1=O. The van der Waals surface area contributed by atoms with Gasteiger partial charge in [0.1, 0.15) is 5.75 Å². The van der Waals surface area contributed by atoms with Crippen LogP contribution in [0.5, 0.6) is 5.75 Å². The third-order valence-corrected chi connectivity index (χ3v) is 4.58. The van der Waals surface area contributed by atoms with Crippen molar-refractivity contribution in [2.24, 2.45) is 5.92 Å². The van der Waals surface area contributed by atoms with Gasteiger partial charge in [0.25, 0.3) is 0 Å². The van der Waals surface area contributed by atoms with Gasteiger partial charge in [0.2, 0.25) is 11.8 Å². The number of rotatable bonds is 5. The largest absolute Gasteiger partial charge is 0.492 e. The number of hydrogen-bond donors (Lipinski definition) is 1. The number of morpholine rings is 1. The maximum absolute atomic E-state index is 12.8. The molecule has 2 saturated heterocycles. The lowest BCUT2D eigenvalue weighted by Gasteiger charge is -2.32. The molecule has 1 aromatic rings. The third kappa shape index (κ3) is 3.65. The molecule has 0 aromatic heterocycles. The van der Waals surface area contributed by atoms with Crippen LogP contribution in [-0.2, 0) is 19.1 Å². The predicted octanol–water partition coefficient (Wildman–Crippen LogP) is 0.750. The molecule has 0 radical (unpaired) electrons. The topological polar surface area (TPSA) is 96.4 Å². The van der Waals surface area contributed by atoms with Crippen molar-refractivity contribution in [3.05, 3.63) is 24.3 Å². The molecule has 0 aliphatic carbocycles. The van der Waals surface area contributed by atoms with Crippen molar-refractivity contribution in [3.8, 4) is 5.75 Å². The maximum Gasteiger partial charge on any atom is 0.334 e. The quantitative estimate of drug-likeness (QED) is 0.830. The van der Waals surface area contributed by atoms with E-state index >= 15 is 0 Å². The summed E-state index contributed by atoms with van der Waals surface area (Å²) in [5.74, 6) is -1.32. The number of para-hydroxylation sites is 2. The van der Waals surface area contributed by atoms with Gasteiger partial charge in [-0.05, 0) is 19.1 Å². The van der Waals surface area contributed by atoms with Gasteiger partial charge in [-0.15, -0.1) is 0 Å². The van der Waals surface area contributed by atoms with Crippen LogP contribution >= 0.6 is 0 Å². The number of carboxylic acids is 1. The molecule has 2 aliphatic rings. The minimum absolute atomic E-state index is 0.00832. The van der Waals surface area contributed by atoms with Gasteiger partial charge in [-0.25, -0.2) is 4.79 Å². The Hall–Kier alpha value is -2.61. The van der Waals surface area contributed by atoms with E-state index in [1.807, 2.05) is 19.1 Å². The van der Waals surface area contributed by atoms with Crippen LogP contribution in [0.3, 0.4) is 0 Å². The highest BCUT2D eigenvalue weighted by Crippen LogP contribution is 2.33. The van der Waals surface area contributed by atoms with Crippen LogP contribution in [0.2, 0.25) is 0 Å². The summed E-state index contributed by atoms with van der Waals surface area (Å²) in [6.07, 6.45) is -0.909. The minimum atomic E-state index is -1.09. The number of aliphatic carboxylic acids is 1. The molecule has 0 bridgehead atoms. The molecule has 2 aliphatic heterocycles. The van der Waals surface area contributed by atoms with Crippen molar-refractivity contribution in [1.29, 1.82) is 0 Å². The molecule has 8 heteroatoms. The van der Waals surface area contributed by atoms with E-state index in [2.05, 4.69) is 0 Å². The van der Waals surface area contributed by atoms with E-state index in [9.17, 15) is 14.4 Å². The predicted molar refractivity (Wildman–Crippen MR) is 92.0 cm³/mol. The molecule has 1 aromatic carbocycles. The summed E-state index contributed by atoms with van der Waals surface area (Å²) in [5.41, 5.74) is 0.653. The monoisotopic (exact) mass is 362 g/mol. The van der Waals surface area contributed by atoms with Crippen molar-refractivity contribution in [2.45, 2.75) is 19.4 Å². The number of carbonyl (C=O) groups is 3. The summed E-state index contributed by atoms with van der Waals surface area (Å²) in [5, 5.41) is 9.08. The van der Waals surface area contributed by atoms with Crippen LogP contribution in [0, 0.1) is 5.92 Å². The Morgan fingerprint density at radius 2 is 2.08 bits per heavy atom. The molecule has 26 heavy (non-hydrogen) atoms. The first-order chi connectivity index (χ1) is 12.5. The first kappa shape index (κ1) is 18.2. The minimum Gasteiger partial charge on any atom is -0.492 e. The molecular formula is C18H22N2O6. The number of hydrogen-bond acceptors (Lipinski definition) is 5. The van der Waals surface area contributed by atoms with Crippen LogP contribution in [0.1, 0.15) is 13.3 Å². The molecule has 0 unspecified atom stereocenters. The Morgan fingerprint density at radius 1 is 1.31 bits per heavy atom. The Balaban J connectivity index is 1.71. The molecule has 2 atom stereocenters. The second-order valence-corrected chi connectivity index (χ2v) is 6.29. The zero-order valence-electron chi connectivity index (χ0n) is 14.6. The second-order valence-electron chi connectivity index (χ2n) is 6.29. The number of carbonyl (C=O) groups excluding carboxylic acids is 2. The Labute approximate surface area is 151 Å². The molecule has 140 valence electrons. The van der Waals surface area contributed by atoms with Gasteiger partial charge in [0.15, 0.2) is 6.10 Å². The second kappa shape index (κ2) is 7.74. The Kier molecular flexibility index (Phi) is 5.41. The number of carboxylic acid groups (broad SMARTS) is 1. The normalized spacial score (nSPS) is 23.2. The molecule has 8 nitrogen and oxygen atoms in total. The van der Waals surface area contributed by atoms with E-state index in [4.69, 9.17) is 14.6 Å². The molecule has 2 fully saturated rings. The molecule has 2 amide bonds. The molecule has 0 spiro atoms. The highest BCUT2D eigenvalue weighted by atomic mass is 16.5. The molecular weight excluding hydrogens is 340 g/mol. The van der Waals surface area contributed by atoms with Crippen LogP contribution in [0.15, 0.2) is 24.3 Å². The van der Waals surface area contributed by atoms with Gasteiger partial charge in [0.05, 0.1) is 31.4 Å². The number of amides is 2. The number of anilines is 1. The average Bonchev–Trinajstić information content (AvgIpc) is 3.03. The van der Waals surface area contributed by atoms with Gasteiger partial charge in [-0.1, -0.05) is 12.1 Å². The summed E-state index contributed by atoms with van der Waals surface area (Å²) in [7, 11) is 0. The van der Waals surface area contributed by atoms with Crippen molar-refractivity contribution in [1.82, 2.24) is 4.90 Å². The van der Waals surface area contributed by atoms with E-state index in [0.717, 1.165) is 0 Å². The first-order valence-corrected chi connectivity index (χ1v) is 8.66. The van der Waals surface area contributed by atoms with E-state index in [-0.39, 0.29) is 37.9 Å². The lowest BCUT2D eigenvalue weighted by atomic mass is 10.1. The lowest BCUT2D eigenvalue weighted by molar-refractivity contribution is -0.160. The summed E-state index contributed by atoms with van der Waals surface area (Å²) in [4.78, 5) is 39.4.